The normalized spacial score (nSPS) is 21.7. The molecule has 1 saturated carbocycles. The van der Waals surface area contributed by atoms with Crippen LogP contribution in [0, 0.1) is 0 Å². The Morgan fingerprint density at radius 3 is 3.08 bits per heavy atom. The van der Waals surface area contributed by atoms with Crippen LogP contribution in [0.5, 0.6) is 5.88 Å². The summed E-state index contributed by atoms with van der Waals surface area (Å²) in [5, 5.41) is 2.88. The summed E-state index contributed by atoms with van der Waals surface area (Å²) in [6, 6.07) is 3.51. The van der Waals surface area contributed by atoms with Gasteiger partial charge in [-0.05, 0) is 37.3 Å². The highest BCUT2D eigenvalue weighted by atomic mass is 19.1. The first-order valence-corrected chi connectivity index (χ1v) is 8.56. The Morgan fingerprint density at radius 1 is 1.46 bits per heavy atom. The fraction of sp³-hybridized carbons (Fsp3) is 0.647. The quantitative estimate of drug-likeness (QED) is 0.895. The lowest BCUT2D eigenvalue weighted by molar-refractivity contribution is 0.0403. The molecule has 0 bridgehead atoms. The Bertz CT molecular complexity index is 554. The molecule has 2 amide bonds. The van der Waals surface area contributed by atoms with E-state index in [1.807, 2.05) is 12.1 Å². The van der Waals surface area contributed by atoms with Crippen molar-refractivity contribution in [3.8, 4) is 5.88 Å². The van der Waals surface area contributed by atoms with Crippen molar-refractivity contribution in [2.45, 2.75) is 44.4 Å². The molecule has 132 valence electrons. The number of aromatic nitrogens is 1. The third kappa shape index (κ3) is 4.56. The van der Waals surface area contributed by atoms with Gasteiger partial charge in [-0.3, -0.25) is 0 Å². The molecule has 1 aromatic rings. The van der Waals surface area contributed by atoms with E-state index in [1.54, 1.807) is 11.1 Å². The van der Waals surface area contributed by atoms with Crippen molar-refractivity contribution in [3.05, 3.63) is 23.9 Å². The van der Waals surface area contributed by atoms with E-state index in [2.05, 4.69) is 10.3 Å². The number of nitrogens with zero attached hydrogens (tertiary/aromatic N) is 2. The fourth-order valence-electron chi connectivity index (χ4n) is 2.75. The third-order valence-electron chi connectivity index (χ3n) is 4.39. The fourth-order valence-corrected chi connectivity index (χ4v) is 2.75. The van der Waals surface area contributed by atoms with Crippen LogP contribution in [0.2, 0.25) is 0 Å². The first kappa shape index (κ1) is 17.0. The molecule has 2 fully saturated rings. The average molecular weight is 337 g/mol. The molecule has 0 spiro atoms. The van der Waals surface area contributed by atoms with E-state index >= 15 is 0 Å². The number of alkyl halides is 1. The molecule has 1 aromatic heterocycles. The third-order valence-corrected chi connectivity index (χ3v) is 4.39. The molecule has 7 heteroatoms. The Morgan fingerprint density at radius 2 is 2.33 bits per heavy atom. The smallest absolute Gasteiger partial charge is 0.317 e. The Hall–Kier alpha value is -1.89. The SMILES string of the molecule is O=C(NCc1ccnc(OC2CCC2)c1)N1CCCO[C@@H](CF)C1. The van der Waals surface area contributed by atoms with Gasteiger partial charge in [0.05, 0.1) is 6.54 Å². The minimum atomic E-state index is -0.573. The summed E-state index contributed by atoms with van der Waals surface area (Å²) >= 11 is 0. The average Bonchev–Trinajstić information content (AvgIpc) is 2.82. The maximum Gasteiger partial charge on any atom is 0.317 e. The van der Waals surface area contributed by atoms with Crippen molar-refractivity contribution in [3.63, 3.8) is 0 Å². The first-order valence-electron chi connectivity index (χ1n) is 8.56. The number of halogens is 1. The largest absolute Gasteiger partial charge is 0.474 e. The zero-order valence-electron chi connectivity index (χ0n) is 13.7. The Balaban J connectivity index is 1.50. The minimum absolute atomic E-state index is 0.197. The molecule has 1 aliphatic carbocycles. The van der Waals surface area contributed by atoms with Crippen molar-refractivity contribution >= 4 is 6.03 Å². The number of urea groups is 1. The minimum Gasteiger partial charge on any atom is -0.474 e. The van der Waals surface area contributed by atoms with Crippen molar-refractivity contribution in [1.82, 2.24) is 15.2 Å². The number of hydrogen-bond acceptors (Lipinski definition) is 4. The Kier molecular flexibility index (Phi) is 5.85. The summed E-state index contributed by atoms with van der Waals surface area (Å²) in [4.78, 5) is 18.1. The zero-order valence-corrected chi connectivity index (χ0v) is 13.7. The number of ether oxygens (including phenoxy) is 2. The summed E-state index contributed by atoms with van der Waals surface area (Å²) in [7, 11) is 0. The second-order valence-electron chi connectivity index (χ2n) is 6.28. The lowest BCUT2D eigenvalue weighted by Gasteiger charge is -2.26. The van der Waals surface area contributed by atoms with Gasteiger partial charge in [0.2, 0.25) is 5.88 Å². The van der Waals surface area contributed by atoms with Gasteiger partial charge in [-0.25, -0.2) is 14.2 Å². The number of carbonyl (C=O) groups excluding carboxylic acids is 1. The number of pyridine rings is 1. The topological polar surface area (TPSA) is 63.7 Å². The van der Waals surface area contributed by atoms with E-state index in [-0.39, 0.29) is 18.7 Å². The highest BCUT2D eigenvalue weighted by Crippen LogP contribution is 2.24. The lowest BCUT2D eigenvalue weighted by atomic mass is 9.96. The summed E-state index contributed by atoms with van der Waals surface area (Å²) in [5.41, 5.74) is 0.931. The van der Waals surface area contributed by atoms with Gasteiger partial charge in [0, 0.05) is 32.0 Å². The summed E-state index contributed by atoms with van der Waals surface area (Å²) in [5.74, 6) is 0.604. The maximum absolute atomic E-state index is 12.8. The van der Waals surface area contributed by atoms with Gasteiger partial charge < -0.3 is 19.7 Å². The van der Waals surface area contributed by atoms with Gasteiger partial charge in [0.1, 0.15) is 18.9 Å². The number of hydrogen-bond donors (Lipinski definition) is 1. The van der Waals surface area contributed by atoms with Crippen LogP contribution in [0.1, 0.15) is 31.2 Å². The van der Waals surface area contributed by atoms with Gasteiger partial charge in [-0.1, -0.05) is 0 Å². The van der Waals surface area contributed by atoms with Gasteiger partial charge in [-0.2, -0.15) is 0 Å². The second-order valence-corrected chi connectivity index (χ2v) is 6.28. The van der Waals surface area contributed by atoms with Crippen LogP contribution in [0.25, 0.3) is 0 Å². The van der Waals surface area contributed by atoms with Crippen LogP contribution in [-0.4, -0.2) is 54.5 Å². The molecule has 1 aliphatic heterocycles. The molecule has 1 N–H and O–H groups in total. The van der Waals surface area contributed by atoms with Crippen LogP contribution in [0.15, 0.2) is 18.3 Å². The number of carbonyl (C=O) groups is 1. The highest BCUT2D eigenvalue weighted by molar-refractivity contribution is 5.74. The predicted octanol–water partition coefficient (Wildman–Crippen LogP) is 2.28. The van der Waals surface area contributed by atoms with Crippen LogP contribution >= 0.6 is 0 Å². The summed E-state index contributed by atoms with van der Waals surface area (Å²) < 4.78 is 23.9. The monoisotopic (exact) mass is 337 g/mol. The maximum atomic E-state index is 12.8. The standard InChI is InChI=1S/C17H24FN3O3/c18-10-15-12-21(7-2-8-23-15)17(22)20-11-13-5-6-19-16(9-13)24-14-3-1-4-14/h5-6,9,14-15H,1-4,7-8,10-12H2,(H,20,22)/t15-/m0/s1. The van der Waals surface area contributed by atoms with E-state index in [4.69, 9.17) is 9.47 Å². The van der Waals surface area contributed by atoms with Gasteiger partial charge >= 0.3 is 6.03 Å². The van der Waals surface area contributed by atoms with E-state index in [0.29, 0.717) is 25.6 Å². The number of rotatable bonds is 5. The van der Waals surface area contributed by atoms with Crippen molar-refractivity contribution in [2.75, 3.05) is 26.4 Å². The molecule has 6 nitrogen and oxygen atoms in total. The van der Waals surface area contributed by atoms with Crippen molar-refractivity contribution < 1.29 is 18.7 Å². The van der Waals surface area contributed by atoms with E-state index in [0.717, 1.165) is 24.8 Å². The molecule has 24 heavy (non-hydrogen) atoms. The summed E-state index contributed by atoms with van der Waals surface area (Å²) in [6.07, 6.45) is 5.52. The van der Waals surface area contributed by atoms with Crippen LogP contribution < -0.4 is 10.1 Å². The lowest BCUT2D eigenvalue weighted by Crippen LogP contribution is -2.43. The van der Waals surface area contributed by atoms with E-state index in [1.165, 1.54) is 6.42 Å². The number of amides is 2. The molecule has 3 rings (SSSR count). The molecule has 2 heterocycles. The molecule has 2 aliphatic rings. The molecule has 0 aromatic carbocycles. The van der Waals surface area contributed by atoms with E-state index < -0.39 is 12.8 Å². The molecular weight excluding hydrogens is 313 g/mol. The molecule has 0 radical (unpaired) electrons. The van der Waals surface area contributed by atoms with Crippen LogP contribution in [0.3, 0.4) is 0 Å². The van der Waals surface area contributed by atoms with Crippen LogP contribution in [-0.2, 0) is 11.3 Å². The van der Waals surface area contributed by atoms with Gasteiger partial charge in [0.15, 0.2) is 0 Å². The van der Waals surface area contributed by atoms with Gasteiger partial charge in [0.25, 0.3) is 0 Å². The van der Waals surface area contributed by atoms with Crippen LogP contribution in [0.4, 0.5) is 9.18 Å². The molecule has 1 atom stereocenters. The van der Waals surface area contributed by atoms with Crippen molar-refractivity contribution in [1.29, 1.82) is 0 Å². The molecule has 0 unspecified atom stereocenters. The summed E-state index contributed by atoms with van der Waals surface area (Å²) in [6.45, 7) is 1.17. The predicted molar refractivity (Wildman–Crippen MR) is 86.6 cm³/mol. The number of nitrogens with one attached hydrogen (secondary N) is 1. The van der Waals surface area contributed by atoms with E-state index in [9.17, 15) is 9.18 Å². The van der Waals surface area contributed by atoms with Crippen molar-refractivity contribution in [2.24, 2.45) is 0 Å². The highest BCUT2D eigenvalue weighted by Gasteiger charge is 2.22. The Labute approximate surface area is 141 Å². The second kappa shape index (κ2) is 8.28. The molecule has 1 saturated heterocycles. The van der Waals surface area contributed by atoms with Gasteiger partial charge in [-0.15, -0.1) is 0 Å². The first-order chi connectivity index (χ1) is 11.7. The molecular formula is C17H24FN3O3. The zero-order chi connectivity index (χ0) is 16.8.